The Labute approximate surface area is 113 Å². The van der Waals surface area contributed by atoms with Crippen molar-refractivity contribution in [3.05, 3.63) is 0 Å². The van der Waals surface area contributed by atoms with Gasteiger partial charge in [-0.3, -0.25) is 0 Å². The zero-order chi connectivity index (χ0) is 13.5. The molecule has 0 unspecified atom stereocenters. The van der Waals surface area contributed by atoms with Crippen molar-refractivity contribution in [2.75, 3.05) is 47.1 Å². The molecule has 1 aliphatic rings. The van der Waals surface area contributed by atoms with Crippen LogP contribution in [-0.4, -0.2) is 60.4 Å². The van der Waals surface area contributed by atoms with Gasteiger partial charge in [-0.2, -0.15) is 0 Å². The Bertz CT molecular complexity index is 220. The Morgan fingerprint density at radius 1 is 0.944 bits per heavy atom. The lowest BCUT2D eigenvalue weighted by molar-refractivity contribution is -0.925. The maximum absolute atomic E-state index is 5.62. The Morgan fingerprint density at radius 2 is 1.50 bits per heavy atom. The molecule has 0 aromatic carbocycles. The smallest absolute Gasteiger partial charge is 0.374 e. The zero-order valence-corrected chi connectivity index (χ0v) is 13.5. The van der Waals surface area contributed by atoms with Crippen LogP contribution in [0, 0.1) is 0 Å². The second-order valence-corrected chi connectivity index (χ2v) is 8.29. The average molecular weight is 276 g/mol. The normalized spacial score (nSPS) is 20.0. The highest BCUT2D eigenvalue weighted by Crippen LogP contribution is 2.24. The molecular formula is C13H30NO3Si+. The average Bonchev–Trinajstić information content (AvgIpc) is 2.44. The lowest BCUT2D eigenvalue weighted by atomic mass is 10.1. The summed E-state index contributed by atoms with van der Waals surface area (Å²) in [6.07, 6.45) is 7.48. The van der Waals surface area contributed by atoms with Gasteiger partial charge in [0.05, 0.1) is 19.6 Å². The minimum Gasteiger partial charge on any atom is -0.374 e. The van der Waals surface area contributed by atoms with E-state index in [9.17, 15) is 0 Å². The highest BCUT2D eigenvalue weighted by atomic mass is 28.4. The van der Waals surface area contributed by atoms with E-state index in [0.29, 0.717) is 0 Å². The Balaban J connectivity index is 2.75. The van der Waals surface area contributed by atoms with Gasteiger partial charge in [0, 0.05) is 21.3 Å². The fourth-order valence-corrected chi connectivity index (χ4v) is 5.17. The van der Waals surface area contributed by atoms with Crippen molar-refractivity contribution in [1.82, 2.24) is 0 Å². The number of quaternary nitrogens is 1. The number of piperidine rings is 1. The maximum atomic E-state index is 5.62. The van der Waals surface area contributed by atoms with Crippen LogP contribution in [0.4, 0.5) is 0 Å². The highest BCUT2D eigenvalue weighted by molar-refractivity contribution is 6.60. The van der Waals surface area contributed by atoms with Gasteiger partial charge in [-0.25, -0.2) is 0 Å². The van der Waals surface area contributed by atoms with Crippen molar-refractivity contribution >= 4 is 8.80 Å². The SMILES string of the molecule is CCCC[N+]1(C[Si](OC)(OC)OC)CCCCC1. The van der Waals surface area contributed by atoms with Gasteiger partial charge in [-0.1, -0.05) is 13.3 Å². The molecule has 1 fully saturated rings. The van der Waals surface area contributed by atoms with E-state index < -0.39 is 8.80 Å². The molecule has 1 rings (SSSR count). The minimum absolute atomic E-state index is 0.927. The second-order valence-electron chi connectivity index (χ2n) is 5.38. The monoisotopic (exact) mass is 276 g/mol. The molecule has 0 bridgehead atoms. The third-order valence-corrected chi connectivity index (χ3v) is 7.14. The molecule has 1 aliphatic heterocycles. The van der Waals surface area contributed by atoms with Gasteiger partial charge in [0.1, 0.15) is 6.17 Å². The first kappa shape index (κ1) is 16.1. The van der Waals surface area contributed by atoms with Crippen LogP contribution in [0.2, 0.25) is 0 Å². The molecule has 0 amide bonds. The summed E-state index contributed by atoms with van der Waals surface area (Å²) in [7, 11) is 2.71. The predicted molar refractivity (Wildman–Crippen MR) is 75.3 cm³/mol. The van der Waals surface area contributed by atoms with E-state index in [2.05, 4.69) is 6.92 Å². The van der Waals surface area contributed by atoms with Crippen LogP contribution in [0.15, 0.2) is 0 Å². The molecule has 108 valence electrons. The molecule has 1 heterocycles. The minimum atomic E-state index is -2.45. The molecule has 4 nitrogen and oxygen atoms in total. The van der Waals surface area contributed by atoms with Gasteiger partial charge in [0.15, 0.2) is 0 Å². The summed E-state index contributed by atoms with van der Waals surface area (Å²) >= 11 is 0. The standard InChI is InChI=1S/C13H30NO3Si/c1-5-6-10-14(11-8-7-9-12-14)13-18(15-2,16-3)17-4/h5-13H2,1-4H3/q+1. The molecule has 5 heteroatoms. The maximum Gasteiger partial charge on any atom is 0.558 e. The van der Waals surface area contributed by atoms with E-state index in [1.807, 2.05) is 0 Å². The summed E-state index contributed by atoms with van der Waals surface area (Å²) in [4.78, 5) is 0. The molecular weight excluding hydrogens is 246 g/mol. The van der Waals surface area contributed by atoms with Crippen LogP contribution in [0.3, 0.4) is 0 Å². The number of hydrogen-bond acceptors (Lipinski definition) is 3. The van der Waals surface area contributed by atoms with E-state index in [4.69, 9.17) is 13.3 Å². The van der Waals surface area contributed by atoms with E-state index in [0.717, 1.165) is 10.7 Å². The van der Waals surface area contributed by atoms with Crippen molar-refractivity contribution in [2.24, 2.45) is 0 Å². The molecule has 0 aromatic heterocycles. The Kier molecular flexibility index (Phi) is 6.80. The summed E-state index contributed by atoms with van der Waals surface area (Å²) in [5, 5.41) is 0. The number of unbranched alkanes of at least 4 members (excludes halogenated alkanes) is 1. The summed E-state index contributed by atoms with van der Waals surface area (Å²) in [6, 6.07) is 0. The molecule has 0 saturated carbocycles. The summed E-state index contributed by atoms with van der Waals surface area (Å²) in [5.74, 6) is 0. The lowest BCUT2D eigenvalue weighted by Crippen LogP contribution is -2.64. The fraction of sp³-hybridized carbons (Fsp3) is 1.00. The highest BCUT2D eigenvalue weighted by Gasteiger charge is 2.48. The van der Waals surface area contributed by atoms with Crippen LogP contribution in [0.5, 0.6) is 0 Å². The molecule has 18 heavy (non-hydrogen) atoms. The fourth-order valence-electron chi connectivity index (χ4n) is 2.99. The van der Waals surface area contributed by atoms with Crippen molar-refractivity contribution < 1.29 is 17.8 Å². The van der Waals surface area contributed by atoms with Crippen LogP contribution in [-0.2, 0) is 13.3 Å². The van der Waals surface area contributed by atoms with E-state index >= 15 is 0 Å². The number of hydrogen-bond donors (Lipinski definition) is 0. The number of rotatable bonds is 8. The topological polar surface area (TPSA) is 27.7 Å². The van der Waals surface area contributed by atoms with Crippen LogP contribution < -0.4 is 0 Å². The zero-order valence-electron chi connectivity index (χ0n) is 12.5. The van der Waals surface area contributed by atoms with Gasteiger partial charge in [-0.15, -0.1) is 0 Å². The first-order chi connectivity index (χ1) is 8.66. The third-order valence-electron chi connectivity index (χ3n) is 4.21. The van der Waals surface area contributed by atoms with Crippen LogP contribution >= 0.6 is 0 Å². The van der Waals surface area contributed by atoms with Gasteiger partial charge >= 0.3 is 8.80 Å². The summed E-state index contributed by atoms with van der Waals surface area (Å²) in [5.41, 5.74) is 0. The molecule has 0 aliphatic carbocycles. The molecule has 0 N–H and O–H groups in total. The van der Waals surface area contributed by atoms with E-state index in [1.54, 1.807) is 21.3 Å². The molecule has 0 radical (unpaired) electrons. The quantitative estimate of drug-likeness (QED) is 0.502. The van der Waals surface area contributed by atoms with Crippen LogP contribution in [0.1, 0.15) is 39.0 Å². The first-order valence-corrected chi connectivity index (χ1v) is 9.09. The number of nitrogens with zero attached hydrogens (tertiary/aromatic N) is 1. The summed E-state index contributed by atoms with van der Waals surface area (Å²) < 4.78 is 18.0. The van der Waals surface area contributed by atoms with Gasteiger partial charge < -0.3 is 17.8 Å². The van der Waals surface area contributed by atoms with Crippen molar-refractivity contribution in [3.63, 3.8) is 0 Å². The van der Waals surface area contributed by atoms with Crippen molar-refractivity contribution in [3.8, 4) is 0 Å². The van der Waals surface area contributed by atoms with E-state index in [1.165, 1.54) is 51.7 Å². The van der Waals surface area contributed by atoms with Crippen molar-refractivity contribution in [1.29, 1.82) is 0 Å². The lowest BCUT2D eigenvalue weighted by Gasteiger charge is -2.44. The Morgan fingerprint density at radius 3 is 1.94 bits per heavy atom. The van der Waals surface area contributed by atoms with Gasteiger partial charge in [0.25, 0.3) is 0 Å². The second kappa shape index (κ2) is 7.60. The number of likely N-dealkylation sites (tertiary alicyclic amines) is 1. The predicted octanol–water partition coefficient (Wildman–Crippen LogP) is 2.20. The summed E-state index contributed by atoms with van der Waals surface area (Å²) in [6.45, 7) is 6.01. The first-order valence-electron chi connectivity index (χ1n) is 7.16. The molecule has 0 atom stereocenters. The largest absolute Gasteiger partial charge is 0.558 e. The van der Waals surface area contributed by atoms with Crippen molar-refractivity contribution in [2.45, 2.75) is 39.0 Å². The molecule has 0 aromatic rings. The molecule has 1 saturated heterocycles. The Hall–Kier alpha value is 0.0569. The van der Waals surface area contributed by atoms with Gasteiger partial charge in [-0.05, 0) is 25.7 Å². The third kappa shape index (κ3) is 4.03. The van der Waals surface area contributed by atoms with E-state index in [-0.39, 0.29) is 0 Å². The van der Waals surface area contributed by atoms with Gasteiger partial charge in [0.2, 0.25) is 0 Å². The van der Waals surface area contributed by atoms with Crippen LogP contribution in [0.25, 0.3) is 0 Å². The molecule has 0 spiro atoms.